The van der Waals surface area contributed by atoms with Gasteiger partial charge in [-0.2, -0.15) is 0 Å². The van der Waals surface area contributed by atoms with E-state index < -0.39 is 0 Å². The SMILES string of the molecule is O=C(CCN1C(=O)COc2ccccc21)Nc1nncn1Cc1ccccc1. The zero-order valence-corrected chi connectivity index (χ0v) is 15.1. The molecule has 142 valence electrons. The first-order chi connectivity index (χ1) is 13.7. The van der Waals surface area contributed by atoms with Gasteiger partial charge < -0.3 is 9.64 Å². The van der Waals surface area contributed by atoms with Crippen LogP contribution < -0.4 is 15.0 Å². The lowest BCUT2D eigenvalue weighted by atomic mass is 10.2. The predicted octanol–water partition coefficient (Wildman–Crippen LogP) is 2.08. The van der Waals surface area contributed by atoms with Crippen LogP contribution in [0.4, 0.5) is 11.6 Å². The molecule has 28 heavy (non-hydrogen) atoms. The van der Waals surface area contributed by atoms with Gasteiger partial charge in [-0.25, -0.2) is 0 Å². The molecule has 0 radical (unpaired) electrons. The molecule has 8 nitrogen and oxygen atoms in total. The number of carbonyl (C=O) groups is 2. The van der Waals surface area contributed by atoms with Crippen LogP contribution in [0.3, 0.4) is 0 Å². The normalized spacial score (nSPS) is 13.0. The van der Waals surface area contributed by atoms with Gasteiger partial charge in [0.15, 0.2) is 6.61 Å². The van der Waals surface area contributed by atoms with Crippen LogP contribution in [0.25, 0.3) is 0 Å². The van der Waals surface area contributed by atoms with E-state index in [2.05, 4.69) is 15.5 Å². The van der Waals surface area contributed by atoms with Gasteiger partial charge >= 0.3 is 0 Å². The Labute approximate surface area is 161 Å². The van der Waals surface area contributed by atoms with Gasteiger partial charge in [0.1, 0.15) is 12.1 Å². The smallest absolute Gasteiger partial charge is 0.265 e. The Balaban J connectivity index is 1.38. The first-order valence-electron chi connectivity index (χ1n) is 8.94. The second-order valence-electron chi connectivity index (χ2n) is 6.37. The maximum atomic E-state index is 12.4. The van der Waals surface area contributed by atoms with Crippen molar-refractivity contribution < 1.29 is 14.3 Å². The van der Waals surface area contributed by atoms with Crippen LogP contribution in [0.2, 0.25) is 0 Å². The number of aromatic nitrogens is 3. The van der Waals surface area contributed by atoms with Crippen molar-refractivity contribution >= 4 is 23.5 Å². The van der Waals surface area contributed by atoms with Crippen molar-refractivity contribution in [2.24, 2.45) is 0 Å². The molecule has 2 heterocycles. The first-order valence-corrected chi connectivity index (χ1v) is 8.94. The molecule has 0 unspecified atom stereocenters. The Hall–Kier alpha value is -3.68. The predicted molar refractivity (Wildman–Crippen MR) is 103 cm³/mol. The second-order valence-corrected chi connectivity index (χ2v) is 6.37. The van der Waals surface area contributed by atoms with Crippen LogP contribution >= 0.6 is 0 Å². The molecule has 1 aliphatic rings. The van der Waals surface area contributed by atoms with Crippen molar-refractivity contribution in [3.05, 3.63) is 66.5 Å². The lowest BCUT2D eigenvalue weighted by Gasteiger charge is -2.29. The molecule has 8 heteroatoms. The summed E-state index contributed by atoms with van der Waals surface area (Å²) in [5, 5.41) is 10.6. The summed E-state index contributed by atoms with van der Waals surface area (Å²) in [4.78, 5) is 26.2. The van der Waals surface area contributed by atoms with Gasteiger partial charge in [-0.3, -0.25) is 19.5 Å². The lowest BCUT2D eigenvalue weighted by molar-refractivity contribution is -0.121. The standard InChI is InChI=1S/C20H19N5O3/c26-18(10-11-25-16-8-4-5-9-17(16)28-13-19(25)27)22-20-23-21-14-24(20)12-15-6-2-1-3-7-15/h1-9,14H,10-13H2,(H,22,23,26). The van der Waals surface area contributed by atoms with Gasteiger partial charge in [0.2, 0.25) is 11.9 Å². The summed E-state index contributed by atoms with van der Waals surface area (Å²) in [5.41, 5.74) is 1.76. The number of hydrogen-bond acceptors (Lipinski definition) is 5. The highest BCUT2D eigenvalue weighted by atomic mass is 16.5. The maximum Gasteiger partial charge on any atom is 0.265 e. The average Bonchev–Trinajstić information content (AvgIpc) is 3.14. The van der Waals surface area contributed by atoms with Gasteiger partial charge in [0.05, 0.1) is 12.2 Å². The number of amides is 2. The second kappa shape index (κ2) is 7.91. The molecule has 3 aromatic rings. The molecule has 0 spiro atoms. The quantitative estimate of drug-likeness (QED) is 0.710. The van der Waals surface area contributed by atoms with Crippen LogP contribution in [-0.4, -0.2) is 39.7 Å². The Bertz CT molecular complexity index is 986. The largest absolute Gasteiger partial charge is 0.482 e. The number of carbonyl (C=O) groups excluding carboxylic acids is 2. The molecule has 0 saturated carbocycles. The van der Waals surface area contributed by atoms with Crippen LogP contribution in [-0.2, 0) is 16.1 Å². The van der Waals surface area contributed by atoms with E-state index in [1.165, 1.54) is 0 Å². The summed E-state index contributed by atoms with van der Waals surface area (Å²) < 4.78 is 7.18. The molecular formula is C20H19N5O3. The fourth-order valence-electron chi connectivity index (χ4n) is 3.05. The van der Waals surface area contributed by atoms with E-state index in [0.29, 0.717) is 23.9 Å². The molecule has 1 aromatic heterocycles. The minimum Gasteiger partial charge on any atom is -0.482 e. The zero-order valence-electron chi connectivity index (χ0n) is 15.1. The number of fused-ring (bicyclic) bond motifs is 1. The molecule has 2 aromatic carbocycles. The molecule has 2 amide bonds. The highest BCUT2D eigenvalue weighted by Gasteiger charge is 2.25. The van der Waals surface area contributed by atoms with Crippen LogP contribution in [0, 0.1) is 0 Å². The Morgan fingerprint density at radius 3 is 2.75 bits per heavy atom. The van der Waals surface area contributed by atoms with Crippen LogP contribution in [0.15, 0.2) is 60.9 Å². The summed E-state index contributed by atoms with van der Waals surface area (Å²) in [6.07, 6.45) is 1.71. The first kappa shape index (κ1) is 17.7. The molecule has 0 saturated heterocycles. The van der Waals surface area contributed by atoms with E-state index in [-0.39, 0.29) is 31.4 Å². The van der Waals surface area contributed by atoms with Crippen LogP contribution in [0.5, 0.6) is 5.75 Å². The van der Waals surface area contributed by atoms with Crippen molar-refractivity contribution in [1.82, 2.24) is 14.8 Å². The van der Waals surface area contributed by atoms with E-state index >= 15 is 0 Å². The van der Waals surface area contributed by atoms with Crippen molar-refractivity contribution in [2.75, 3.05) is 23.4 Å². The highest BCUT2D eigenvalue weighted by Crippen LogP contribution is 2.31. The molecule has 1 N–H and O–H groups in total. The Kier molecular flexibility index (Phi) is 5.01. The number of nitrogens with zero attached hydrogens (tertiary/aromatic N) is 4. The molecule has 0 fully saturated rings. The third-order valence-corrected chi connectivity index (χ3v) is 4.43. The molecule has 1 aliphatic heterocycles. The molecular weight excluding hydrogens is 358 g/mol. The Morgan fingerprint density at radius 1 is 1.11 bits per heavy atom. The van der Waals surface area contributed by atoms with E-state index in [9.17, 15) is 9.59 Å². The van der Waals surface area contributed by atoms with Crippen molar-refractivity contribution in [1.29, 1.82) is 0 Å². The monoisotopic (exact) mass is 377 g/mol. The summed E-state index contributed by atoms with van der Waals surface area (Å²) in [6, 6.07) is 17.1. The number of hydrogen-bond donors (Lipinski definition) is 1. The number of para-hydroxylation sites is 2. The van der Waals surface area contributed by atoms with E-state index in [4.69, 9.17) is 4.74 Å². The molecule has 0 bridgehead atoms. The lowest BCUT2D eigenvalue weighted by Crippen LogP contribution is -2.40. The minimum atomic E-state index is -0.237. The highest BCUT2D eigenvalue weighted by molar-refractivity contribution is 5.99. The topological polar surface area (TPSA) is 89.3 Å². The summed E-state index contributed by atoms with van der Waals surface area (Å²) in [6.45, 7) is 0.792. The molecule has 0 aliphatic carbocycles. The fraction of sp³-hybridized carbons (Fsp3) is 0.200. The fourth-order valence-corrected chi connectivity index (χ4v) is 3.05. The van der Waals surface area contributed by atoms with Crippen molar-refractivity contribution in [3.8, 4) is 5.75 Å². The van der Waals surface area contributed by atoms with E-state index in [1.807, 2.05) is 42.5 Å². The van der Waals surface area contributed by atoms with E-state index in [1.54, 1.807) is 27.9 Å². The Morgan fingerprint density at radius 2 is 1.89 bits per heavy atom. The van der Waals surface area contributed by atoms with Crippen molar-refractivity contribution in [2.45, 2.75) is 13.0 Å². The number of ether oxygens (including phenoxy) is 1. The van der Waals surface area contributed by atoms with Gasteiger partial charge in [-0.05, 0) is 17.7 Å². The van der Waals surface area contributed by atoms with Gasteiger partial charge in [-0.1, -0.05) is 42.5 Å². The van der Waals surface area contributed by atoms with Crippen molar-refractivity contribution in [3.63, 3.8) is 0 Å². The third kappa shape index (κ3) is 3.85. The van der Waals surface area contributed by atoms with E-state index in [0.717, 1.165) is 5.56 Å². The third-order valence-electron chi connectivity index (χ3n) is 4.43. The number of nitrogens with one attached hydrogen (secondary N) is 1. The number of anilines is 2. The summed E-state index contributed by atoms with van der Waals surface area (Å²) in [5.74, 6) is 0.616. The summed E-state index contributed by atoms with van der Waals surface area (Å²) in [7, 11) is 0. The van der Waals surface area contributed by atoms with Crippen LogP contribution in [0.1, 0.15) is 12.0 Å². The molecule has 0 atom stereocenters. The molecule has 4 rings (SSSR count). The summed E-state index contributed by atoms with van der Waals surface area (Å²) >= 11 is 0. The van der Waals surface area contributed by atoms with Gasteiger partial charge in [0, 0.05) is 13.0 Å². The van der Waals surface area contributed by atoms with Gasteiger partial charge in [0.25, 0.3) is 5.91 Å². The zero-order chi connectivity index (χ0) is 19.3. The van der Waals surface area contributed by atoms with Gasteiger partial charge in [-0.15, -0.1) is 10.2 Å². The number of benzene rings is 2. The maximum absolute atomic E-state index is 12.4. The minimum absolute atomic E-state index is 0.0238. The average molecular weight is 377 g/mol. The number of rotatable bonds is 6.